The zero-order valence-electron chi connectivity index (χ0n) is 6.92. The van der Waals surface area contributed by atoms with Crippen molar-refractivity contribution in [2.45, 2.75) is 12.8 Å². The molecule has 0 atom stereocenters. The van der Waals surface area contributed by atoms with Crippen LogP contribution in [0.2, 0.25) is 0 Å². The normalized spacial score (nSPS) is 9.75. The van der Waals surface area contributed by atoms with Gasteiger partial charge in [0.25, 0.3) is 0 Å². The average molecular weight is 162 g/mol. The van der Waals surface area contributed by atoms with E-state index in [2.05, 4.69) is 0 Å². The van der Waals surface area contributed by atoms with Gasteiger partial charge in [-0.15, -0.1) is 0 Å². The molecule has 1 aromatic carbocycles. The Kier molecular flexibility index (Phi) is 3.48. The van der Waals surface area contributed by atoms with Crippen LogP contribution in [-0.4, -0.2) is 12.8 Å². The fourth-order valence-electron chi connectivity index (χ4n) is 1.07. The first kappa shape index (κ1) is 8.94. The highest BCUT2D eigenvalue weighted by Crippen LogP contribution is 2.04. The number of hydrogen-bond donors (Lipinski definition) is 1. The molecule has 0 fully saturated rings. The summed E-state index contributed by atoms with van der Waals surface area (Å²) >= 11 is 0. The minimum atomic E-state index is 0.378. The minimum Gasteiger partial charge on any atom is -0.330 e. The van der Waals surface area contributed by atoms with Gasteiger partial charge in [-0.2, -0.15) is 0 Å². The van der Waals surface area contributed by atoms with E-state index in [9.17, 15) is 4.79 Å². The maximum atomic E-state index is 10.0. The fraction of sp³-hybridized carbons (Fsp3) is 0.300. The topological polar surface area (TPSA) is 43.1 Å². The van der Waals surface area contributed by atoms with Crippen LogP contribution in [0.3, 0.4) is 0 Å². The summed E-state index contributed by atoms with van der Waals surface area (Å²) in [6.07, 6.45) is 3.13. The maximum Gasteiger partial charge on any atom is 0.203 e. The molecule has 0 saturated heterocycles. The van der Waals surface area contributed by atoms with Crippen LogP contribution in [0.1, 0.15) is 11.1 Å². The number of nitrogens with two attached hydrogens (primary N) is 1. The summed E-state index contributed by atoms with van der Waals surface area (Å²) < 4.78 is 0. The van der Waals surface area contributed by atoms with Crippen LogP contribution in [0, 0.1) is 0 Å². The van der Waals surface area contributed by atoms with Crippen molar-refractivity contribution >= 4 is 6.29 Å². The molecule has 1 aromatic rings. The van der Waals surface area contributed by atoms with Crippen LogP contribution < -0.4 is 5.73 Å². The van der Waals surface area contributed by atoms with Crippen LogP contribution in [-0.2, 0) is 17.6 Å². The van der Waals surface area contributed by atoms with Crippen molar-refractivity contribution in [2.24, 2.45) is 5.73 Å². The molecule has 0 aliphatic carbocycles. The highest BCUT2D eigenvalue weighted by Gasteiger charge is 1.93. The number of benzene rings is 1. The number of hydrogen-bond acceptors (Lipinski definition) is 2. The second-order valence-corrected chi connectivity index (χ2v) is 2.68. The SMILES string of the molecule is NCCc1ccc(C[C]=O)cc1. The standard InChI is InChI=1S/C10H12NO/c11-7-5-9-1-3-10(4-2-9)6-8-12/h1-4H,5-7,11H2. The van der Waals surface area contributed by atoms with E-state index in [0.717, 1.165) is 12.0 Å². The van der Waals surface area contributed by atoms with Crippen LogP contribution in [0.5, 0.6) is 0 Å². The lowest BCUT2D eigenvalue weighted by Crippen LogP contribution is -2.02. The van der Waals surface area contributed by atoms with Gasteiger partial charge in [-0.3, -0.25) is 4.79 Å². The lowest BCUT2D eigenvalue weighted by atomic mass is 10.1. The summed E-state index contributed by atoms with van der Waals surface area (Å²) in [6.45, 7) is 0.666. The van der Waals surface area contributed by atoms with E-state index in [4.69, 9.17) is 5.73 Å². The predicted octanol–water partition coefficient (Wildman–Crippen LogP) is 0.840. The molecule has 0 aliphatic rings. The molecule has 0 saturated carbocycles. The largest absolute Gasteiger partial charge is 0.330 e. The van der Waals surface area contributed by atoms with Crippen molar-refractivity contribution in [3.8, 4) is 0 Å². The maximum absolute atomic E-state index is 10.0. The van der Waals surface area contributed by atoms with Gasteiger partial charge in [-0.25, -0.2) is 0 Å². The summed E-state index contributed by atoms with van der Waals surface area (Å²) in [5, 5.41) is 0. The second kappa shape index (κ2) is 4.67. The van der Waals surface area contributed by atoms with Crippen molar-refractivity contribution in [3.05, 3.63) is 35.4 Å². The van der Waals surface area contributed by atoms with E-state index in [1.807, 2.05) is 30.6 Å². The third kappa shape index (κ3) is 2.47. The van der Waals surface area contributed by atoms with E-state index in [1.165, 1.54) is 5.56 Å². The molecule has 0 amide bonds. The minimum absolute atomic E-state index is 0.378. The monoisotopic (exact) mass is 162 g/mol. The van der Waals surface area contributed by atoms with E-state index in [-0.39, 0.29) is 0 Å². The van der Waals surface area contributed by atoms with Gasteiger partial charge in [0.2, 0.25) is 6.29 Å². The summed E-state index contributed by atoms with van der Waals surface area (Å²) in [4.78, 5) is 10.0. The fourth-order valence-corrected chi connectivity index (χ4v) is 1.07. The molecule has 0 aliphatic heterocycles. The molecule has 2 nitrogen and oxygen atoms in total. The third-order valence-electron chi connectivity index (χ3n) is 1.73. The molecule has 0 spiro atoms. The predicted molar refractivity (Wildman–Crippen MR) is 48.6 cm³/mol. The number of carbonyl (C=O) groups excluding carboxylic acids is 1. The summed E-state index contributed by atoms with van der Waals surface area (Å²) in [7, 11) is 0. The molecule has 63 valence electrons. The van der Waals surface area contributed by atoms with Crippen molar-refractivity contribution in [2.75, 3.05) is 6.54 Å². The first-order valence-electron chi connectivity index (χ1n) is 3.99. The summed E-state index contributed by atoms with van der Waals surface area (Å²) in [5.74, 6) is 0. The lowest BCUT2D eigenvalue weighted by molar-refractivity contribution is 0.555. The van der Waals surface area contributed by atoms with Crippen molar-refractivity contribution in [1.29, 1.82) is 0 Å². The molecule has 0 unspecified atom stereocenters. The van der Waals surface area contributed by atoms with Crippen molar-refractivity contribution < 1.29 is 4.79 Å². The van der Waals surface area contributed by atoms with Crippen molar-refractivity contribution in [3.63, 3.8) is 0 Å². The van der Waals surface area contributed by atoms with E-state index >= 15 is 0 Å². The summed E-state index contributed by atoms with van der Waals surface area (Å²) in [6, 6.07) is 7.88. The Morgan fingerprint density at radius 1 is 1.17 bits per heavy atom. The Hall–Kier alpha value is -1.15. The third-order valence-corrected chi connectivity index (χ3v) is 1.73. The Balaban J connectivity index is 2.64. The highest BCUT2D eigenvalue weighted by atomic mass is 16.1. The number of rotatable bonds is 4. The van der Waals surface area contributed by atoms with E-state index in [1.54, 1.807) is 0 Å². The smallest absolute Gasteiger partial charge is 0.203 e. The highest BCUT2D eigenvalue weighted by molar-refractivity contribution is 5.55. The van der Waals surface area contributed by atoms with Gasteiger partial charge in [0, 0.05) is 6.42 Å². The lowest BCUT2D eigenvalue weighted by Gasteiger charge is -1.98. The van der Waals surface area contributed by atoms with E-state index < -0.39 is 0 Å². The summed E-state index contributed by atoms with van der Waals surface area (Å²) in [5.41, 5.74) is 7.62. The van der Waals surface area contributed by atoms with Gasteiger partial charge in [0.05, 0.1) is 0 Å². The molecule has 0 bridgehead atoms. The van der Waals surface area contributed by atoms with Gasteiger partial charge >= 0.3 is 0 Å². The van der Waals surface area contributed by atoms with Gasteiger partial charge in [-0.05, 0) is 24.1 Å². The quantitative estimate of drug-likeness (QED) is 0.713. The molecular weight excluding hydrogens is 150 g/mol. The zero-order valence-corrected chi connectivity index (χ0v) is 6.92. The zero-order chi connectivity index (χ0) is 8.81. The molecule has 0 heterocycles. The second-order valence-electron chi connectivity index (χ2n) is 2.68. The van der Waals surface area contributed by atoms with Crippen LogP contribution in [0.15, 0.2) is 24.3 Å². The molecule has 0 aromatic heterocycles. The molecular formula is C10H12NO. The molecule has 1 rings (SSSR count). The van der Waals surface area contributed by atoms with Crippen LogP contribution >= 0.6 is 0 Å². The van der Waals surface area contributed by atoms with Crippen LogP contribution in [0.4, 0.5) is 0 Å². The average Bonchev–Trinajstić information content (AvgIpc) is 2.09. The Morgan fingerprint density at radius 2 is 1.75 bits per heavy atom. The first-order chi connectivity index (χ1) is 5.86. The van der Waals surface area contributed by atoms with Gasteiger partial charge < -0.3 is 5.73 Å². The molecule has 12 heavy (non-hydrogen) atoms. The van der Waals surface area contributed by atoms with Gasteiger partial charge in [-0.1, -0.05) is 24.3 Å². The van der Waals surface area contributed by atoms with Gasteiger partial charge in [0.1, 0.15) is 0 Å². The van der Waals surface area contributed by atoms with Gasteiger partial charge in [0.15, 0.2) is 0 Å². The van der Waals surface area contributed by atoms with Crippen LogP contribution in [0.25, 0.3) is 0 Å². The Bertz CT molecular complexity index is 241. The van der Waals surface area contributed by atoms with Crippen molar-refractivity contribution in [1.82, 2.24) is 0 Å². The Labute approximate surface area is 72.4 Å². The molecule has 2 N–H and O–H groups in total. The molecule has 1 radical (unpaired) electrons. The van der Waals surface area contributed by atoms with E-state index in [0.29, 0.717) is 13.0 Å². The molecule has 2 heteroatoms. The Morgan fingerprint density at radius 3 is 2.25 bits per heavy atom. The first-order valence-corrected chi connectivity index (χ1v) is 3.99.